The summed E-state index contributed by atoms with van der Waals surface area (Å²) < 4.78 is 0. The molecule has 0 aromatic carbocycles. The maximum atomic E-state index is 5.97. The second-order valence-corrected chi connectivity index (χ2v) is 3.51. The van der Waals surface area contributed by atoms with E-state index in [1.54, 1.807) is 0 Å². The van der Waals surface area contributed by atoms with Gasteiger partial charge in [0, 0.05) is 11.9 Å². The lowest BCUT2D eigenvalue weighted by Gasteiger charge is -2.04. The van der Waals surface area contributed by atoms with Crippen molar-refractivity contribution in [1.82, 2.24) is 9.97 Å². The molecule has 3 nitrogen and oxygen atoms in total. The van der Waals surface area contributed by atoms with Crippen LogP contribution in [0.1, 0.15) is 37.3 Å². The van der Waals surface area contributed by atoms with Crippen LogP contribution in [0.5, 0.6) is 0 Å². The maximum absolute atomic E-state index is 5.97. The number of aromatic nitrogens is 2. The molecule has 1 fully saturated rings. The molecule has 1 aromatic rings. The molecule has 3 heteroatoms. The van der Waals surface area contributed by atoms with Crippen LogP contribution in [0.3, 0.4) is 0 Å². The van der Waals surface area contributed by atoms with Gasteiger partial charge < -0.3 is 10.7 Å². The van der Waals surface area contributed by atoms with E-state index < -0.39 is 0 Å². The molecule has 1 aromatic heterocycles. The Bertz CT molecular complexity index is 262. The Morgan fingerprint density at radius 1 is 1.75 bits per heavy atom. The van der Waals surface area contributed by atoms with Gasteiger partial charge >= 0.3 is 0 Å². The summed E-state index contributed by atoms with van der Waals surface area (Å²) in [7, 11) is 0. The van der Waals surface area contributed by atoms with E-state index in [2.05, 4.69) is 16.9 Å². The normalized spacial score (nSPS) is 19.5. The predicted molar refractivity (Wildman–Crippen MR) is 47.6 cm³/mol. The summed E-state index contributed by atoms with van der Waals surface area (Å²) in [6, 6.07) is 0.144. The minimum absolute atomic E-state index is 0.144. The average Bonchev–Trinajstić information content (AvgIpc) is 2.82. The van der Waals surface area contributed by atoms with Gasteiger partial charge in [-0.25, -0.2) is 4.98 Å². The quantitative estimate of drug-likeness (QED) is 0.711. The molecule has 0 spiro atoms. The highest BCUT2D eigenvalue weighted by molar-refractivity contribution is 5.07. The van der Waals surface area contributed by atoms with Gasteiger partial charge in [-0.05, 0) is 25.2 Å². The molecular weight excluding hydrogens is 150 g/mol. The molecule has 0 aliphatic heterocycles. The van der Waals surface area contributed by atoms with E-state index in [9.17, 15) is 0 Å². The Labute approximate surface area is 72.4 Å². The van der Waals surface area contributed by atoms with Crippen molar-refractivity contribution in [3.63, 3.8) is 0 Å². The van der Waals surface area contributed by atoms with E-state index in [0.717, 1.165) is 12.2 Å². The Kier molecular flexibility index (Phi) is 1.89. The highest BCUT2D eigenvalue weighted by Gasteiger charge is 2.31. The first kappa shape index (κ1) is 7.80. The Hall–Kier alpha value is -0.830. The number of nitrogens with zero attached hydrogens (tertiary/aromatic N) is 1. The third kappa shape index (κ3) is 1.37. The minimum Gasteiger partial charge on any atom is -0.345 e. The lowest BCUT2D eigenvalue weighted by molar-refractivity contribution is 0.599. The second kappa shape index (κ2) is 2.90. The molecule has 1 saturated carbocycles. The van der Waals surface area contributed by atoms with Gasteiger partial charge in [-0.15, -0.1) is 0 Å². The largest absolute Gasteiger partial charge is 0.345 e. The zero-order valence-corrected chi connectivity index (χ0v) is 7.38. The molecule has 12 heavy (non-hydrogen) atoms. The van der Waals surface area contributed by atoms with Gasteiger partial charge in [-0.2, -0.15) is 0 Å². The molecule has 1 aliphatic carbocycles. The van der Waals surface area contributed by atoms with Gasteiger partial charge in [-0.3, -0.25) is 0 Å². The summed E-state index contributed by atoms with van der Waals surface area (Å²) in [6.45, 7) is 2.11. The number of nitrogens with one attached hydrogen (secondary N) is 1. The summed E-state index contributed by atoms with van der Waals surface area (Å²) in [6.07, 6.45) is 5.43. The fourth-order valence-corrected chi connectivity index (χ4v) is 1.40. The maximum Gasteiger partial charge on any atom is 0.123 e. The van der Waals surface area contributed by atoms with Gasteiger partial charge in [0.25, 0.3) is 0 Å². The molecule has 2 rings (SSSR count). The van der Waals surface area contributed by atoms with Gasteiger partial charge in [0.15, 0.2) is 0 Å². The Balaban J connectivity index is 2.10. The predicted octanol–water partition coefficient (Wildman–Crippen LogP) is 1.38. The number of aryl methyl sites for hydroxylation is 1. The van der Waals surface area contributed by atoms with E-state index in [1.165, 1.54) is 18.5 Å². The molecule has 1 aliphatic rings. The standard InChI is InChI=1S/C9H15N3/c1-2-7-5-11-9(12-7)8(10)6-3-4-6/h5-6,8H,2-4,10H2,1H3,(H,11,12). The topological polar surface area (TPSA) is 54.7 Å². The Morgan fingerprint density at radius 3 is 3.00 bits per heavy atom. The molecule has 0 amide bonds. The lowest BCUT2D eigenvalue weighted by atomic mass is 10.2. The molecule has 66 valence electrons. The third-order valence-corrected chi connectivity index (χ3v) is 2.47. The first-order valence-electron chi connectivity index (χ1n) is 4.60. The minimum atomic E-state index is 0.144. The van der Waals surface area contributed by atoms with Crippen molar-refractivity contribution < 1.29 is 0 Å². The zero-order valence-electron chi connectivity index (χ0n) is 7.38. The fourth-order valence-electron chi connectivity index (χ4n) is 1.40. The average molecular weight is 165 g/mol. The fraction of sp³-hybridized carbons (Fsp3) is 0.667. The summed E-state index contributed by atoms with van der Waals surface area (Å²) >= 11 is 0. The van der Waals surface area contributed by atoms with E-state index in [-0.39, 0.29) is 6.04 Å². The van der Waals surface area contributed by atoms with Gasteiger partial charge in [-0.1, -0.05) is 6.92 Å². The van der Waals surface area contributed by atoms with Crippen molar-refractivity contribution in [1.29, 1.82) is 0 Å². The van der Waals surface area contributed by atoms with E-state index in [0.29, 0.717) is 5.92 Å². The summed E-state index contributed by atoms with van der Waals surface area (Å²) in [5, 5.41) is 0. The monoisotopic (exact) mass is 165 g/mol. The number of rotatable bonds is 3. The van der Waals surface area contributed by atoms with E-state index >= 15 is 0 Å². The van der Waals surface area contributed by atoms with Crippen molar-refractivity contribution in [3.05, 3.63) is 17.7 Å². The zero-order chi connectivity index (χ0) is 8.55. The number of imidazole rings is 1. The lowest BCUT2D eigenvalue weighted by Crippen LogP contribution is -2.14. The Morgan fingerprint density at radius 2 is 2.50 bits per heavy atom. The summed E-state index contributed by atoms with van der Waals surface area (Å²) in [4.78, 5) is 7.52. The number of aromatic amines is 1. The molecule has 0 saturated heterocycles. The molecule has 3 N–H and O–H groups in total. The van der Waals surface area contributed by atoms with Crippen LogP contribution in [0.25, 0.3) is 0 Å². The molecule has 1 unspecified atom stereocenters. The van der Waals surface area contributed by atoms with Crippen LogP contribution in [0.15, 0.2) is 6.20 Å². The highest BCUT2D eigenvalue weighted by Crippen LogP contribution is 2.38. The smallest absolute Gasteiger partial charge is 0.123 e. The second-order valence-electron chi connectivity index (χ2n) is 3.51. The first-order chi connectivity index (χ1) is 5.81. The summed E-state index contributed by atoms with van der Waals surface area (Å²) in [5.41, 5.74) is 7.16. The first-order valence-corrected chi connectivity index (χ1v) is 4.60. The van der Waals surface area contributed by atoms with E-state index in [1.807, 2.05) is 6.20 Å². The molecule has 0 bridgehead atoms. The van der Waals surface area contributed by atoms with Crippen LogP contribution in [0, 0.1) is 5.92 Å². The molecule has 1 atom stereocenters. The van der Waals surface area contributed by atoms with Crippen molar-refractivity contribution in [3.8, 4) is 0 Å². The SMILES string of the molecule is CCc1cnc(C(N)C2CC2)[nH]1. The number of hydrogen-bond donors (Lipinski definition) is 2. The van der Waals surface area contributed by atoms with Crippen LogP contribution in [0.2, 0.25) is 0 Å². The van der Waals surface area contributed by atoms with Crippen LogP contribution in [0.4, 0.5) is 0 Å². The van der Waals surface area contributed by atoms with Gasteiger partial charge in [0.1, 0.15) is 5.82 Å². The van der Waals surface area contributed by atoms with Crippen LogP contribution in [-0.4, -0.2) is 9.97 Å². The molecule has 1 heterocycles. The van der Waals surface area contributed by atoms with Gasteiger partial charge in [0.05, 0.1) is 6.04 Å². The van der Waals surface area contributed by atoms with Crippen LogP contribution < -0.4 is 5.73 Å². The van der Waals surface area contributed by atoms with Crippen molar-refractivity contribution >= 4 is 0 Å². The molecular formula is C9H15N3. The van der Waals surface area contributed by atoms with E-state index in [4.69, 9.17) is 5.73 Å². The van der Waals surface area contributed by atoms with Crippen molar-refractivity contribution in [2.45, 2.75) is 32.2 Å². The van der Waals surface area contributed by atoms with Gasteiger partial charge in [0.2, 0.25) is 0 Å². The summed E-state index contributed by atoms with van der Waals surface area (Å²) in [5.74, 6) is 1.65. The number of hydrogen-bond acceptors (Lipinski definition) is 2. The van der Waals surface area contributed by atoms with Crippen LogP contribution >= 0.6 is 0 Å². The number of H-pyrrole nitrogens is 1. The van der Waals surface area contributed by atoms with Crippen molar-refractivity contribution in [2.24, 2.45) is 11.7 Å². The third-order valence-electron chi connectivity index (χ3n) is 2.47. The molecule has 0 radical (unpaired) electrons. The van der Waals surface area contributed by atoms with Crippen LogP contribution in [-0.2, 0) is 6.42 Å². The highest BCUT2D eigenvalue weighted by atomic mass is 15.0. The van der Waals surface area contributed by atoms with Crippen molar-refractivity contribution in [2.75, 3.05) is 0 Å². The number of nitrogens with two attached hydrogens (primary N) is 1.